The fourth-order valence-electron chi connectivity index (χ4n) is 1.02. The van der Waals surface area contributed by atoms with E-state index in [1.54, 1.807) is 31.2 Å². The van der Waals surface area contributed by atoms with Gasteiger partial charge in [-0.05, 0) is 24.6 Å². The van der Waals surface area contributed by atoms with Crippen molar-refractivity contribution in [3.63, 3.8) is 0 Å². The molecule has 0 saturated carbocycles. The molecule has 0 fully saturated rings. The van der Waals surface area contributed by atoms with E-state index < -0.39 is 5.60 Å². The van der Waals surface area contributed by atoms with Crippen LogP contribution in [0.1, 0.15) is 18.1 Å². The van der Waals surface area contributed by atoms with Crippen molar-refractivity contribution in [2.24, 2.45) is 5.73 Å². The predicted molar refractivity (Wildman–Crippen MR) is 49.8 cm³/mol. The first kappa shape index (κ1) is 9.72. The smallest absolute Gasteiger partial charge is 0.0991 e. The normalized spacial score (nSPS) is 14.6. The molecule has 0 heterocycles. The van der Waals surface area contributed by atoms with E-state index in [-0.39, 0.29) is 6.54 Å². The standard InChI is InChI=1S/C10H12N2O/c1-10(13,7-12)9-4-2-8(6-11)3-5-9/h2-5,13H,7,12H2,1H3. The molecule has 3 heteroatoms. The van der Waals surface area contributed by atoms with Crippen molar-refractivity contribution in [3.05, 3.63) is 35.4 Å². The van der Waals surface area contributed by atoms with Gasteiger partial charge in [0.15, 0.2) is 0 Å². The second-order valence-corrected chi connectivity index (χ2v) is 3.17. The molecular weight excluding hydrogens is 164 g/mol. The summed E-state index contributed by atoms with van der Waals surface area (Å²) in [5.41, 5.74) is 5.70. The molecule has 0 saturated heterocycles. The maximum atomic E-state index is 9.75. The van der Waals surface area contributed by atoms with Crippen LogP contribution in [0.25, 0.3) is 0 Å². The molecule has 1 unspecified atom stereocenters. The first-order valence-corrected chi connectivity index (χ1v) is 4.03. The third-order valence-corrected chi connectivity index (χ3v) is 2.03. The highest BCUT2D eigenvalue weighted by Crippen LogP contribution is 2.18. The molecule has 1 aromatic rings. The van der Waals surface area contributed by atoms with Gasteiger partial charge in [0.25, 0.3) is 0 Å². The minimum Gasteiger partial charge on any atom is -0.384 e. The minimum atomic E-state index is -1.01. The van der Waals surface area contributed by atoms with E-state index in [4.69, 9.17) is 11.0 Å². The molecule has 0 spiro atoms. The lowest BCUT2D eigenvalue weighted by Gasteiger charge is -2.21. The van der Waals surface area contributed by atoms with E-state index in [1.807, 2.05) is 6.07 Å². The van der Waals surface area contributed by atoms with Crippen molar-refractivity contribution >= 4 is 0 Å². The Morgan fingerprint density at radius 2 is 2.00 bits per heavy atom. The molecule has 0 aromatic heterocycles. The summed E-state index contributed by atoms with van der Waals surface area (Å²) in [7, 11) is 0. The number of aliphatic hydroxyl groups is 1. The fraction of sp³-hybridized carbons (Fsp3) is 0.300. The van der Waals surface area contributed by atoms with E-state index in [0.29, 0.717) is 5.56 Å². The van der Waals surface area contributed by atoms with Gasteiger partial charge in [0.1, 0.15) is 0 Å². The second-order valence-electron chi connectivity index (χ2n) is 3.17. The van der Waals surface area contributed by atoms with Gasteiger partial charge >= 0.3 is 0 Å². The van der Waals surface area contributed by atoms with Crippen molar-refractivity contribution in [2.75, 3.05) is 6.54 Å². The number of rotatable bonds is 2. The van der Waals surface area contributed by atoms with E-state index in [2.05, 4.69) is 0 Å². The summed E-state index contributed by atoms with van der Waals surface area (Å²) in [6, 6.07) is 8.77. The Morgan fingerprint density at radius 1 is 1.46 bits per heavy atom. The van der Waals surface area contributed by atoms with Crippen LogP contribution in [0.4, 0.5) is 0 Å². The van der Waals surface area contributed by atoms with E-state index in [1.165, 1.54) is 0 Å². The predicted octanol–water partition coefficient (Wildman–Crippen LogP) is 0.724. The van der Waals surface area contributed by atoms with Crippen molar-refractivity contribution < 1.29 is 5.11 Å². The molecule has 0 aliphatic rings. The lowest BCUT2D eigenvalue weighted by Crippen LogP contribution is -2.31. The van der Waals surface area contributed by atoms with Crippen LogP contribution in [-0.4, -0.2) is 11.7 Å². The van der Waals surface area contributed by atoms with Crippen LogP contribution in [0.2, 0.25) is 0 Å². The first-order valence-electron chi connectivity index (χ1n) is 4.03. The highest BCUT2D eigenvalue weighted by molar-refractivity contribution is 5.33. The van der Waals surface area contributed by atoms with Gasteiger partial charge in [0, 0.05) is 6.54 Å². The number of nitrogens with two attached hydrogens (primary N) is 1. The minimum absolute atomic E-state index is 0.166. The summed E-state index contributed by atoms with van der Waals surface area (Å²) < 4.78 is 0. The van der Waals surface area contributed by atoms with Gasteiger partial charge in [-0.3, -0.25) is 0 Å². The third-order valence-electron chi connectivity index (χ3n) is 2.03. The van der Waals surface area contributed by atoms with Crippen LogP contribution in [0.15, 0.2) is 24.3 Å². The monoisotopic (exact) mass is 176 g/mol. The van der Waals surface area contributed by atoms with Crippen LogP contribution in [0.3, 0.4) is 0 Å². The molecule has 3 N–H and O–H groups in total. The van der Waals surface area contributed by atoms with Crippen LogP contribution < -0.4 is 5.73 Å². The molecule has 1 atom stereocenters. The van der Waals surface area contributed by atoms with Crippen molar-refractivity contribution in [3.8, 4) is 6.07 Å². The van der Waals surface area contributed by atoms with Gasteiger partial charge in [-0.25, -0.2) is 0 Å². The van der Waals surface area contributed by atoms with Crippen LogP contribution >= 0.6 is 0 Å². The quantitative estimate of drug-likeness (QED) is 0.697. The molecule has 0 bridgehead atoms. The Morgan fingerprint density at radius 3 is 2.38 bits per heavy atom. The maximum absolute atomic E-state index is 9.75. The zero-order chi connectivity index (χ0) is 9.90. The highest BCUT2D eigenvalue weighted by Gasteiger charge is 2.20. The zero-order valence-corrected chi connectivity index (χ0v) is 7.49. The van der Waals surface area contributed by atoms with E-state index in [0.717, 1.165) is 5.56 Å². The van der Waals surface area contributed by atoms with Crippen LogP contribution in [-0.2, 0) is 5.60 Å². The summed E-state index contributed by atoms with van der Waals surface area (Å²) in [5.74, 6) is 0. The lowest BCUT2D eigenvalue weighted by atomic mass is 9.95. The molecule has 0 amide bonds. The Balaban J connectivity index is 3.00. The number of hydrogen-bond donors (Lipinski definition) is 2. The number of nitrogens with zero attached hydrogens (tertiary/aromatic N) is 1. The van der Waals surface area contributed by atoms with E-state index in [9.17, 15) is 5.11 Å². The molecule has 68 valence electrons. The van der Waals surface area contributed by atoms with Crippen LogP contribution in [0, 0.1) is 11.3 Å². The van der Waals surface area contributed by atoms with Crippen molar-refractivity contribution in [1.82, 2.24) is 0 Å². The van der Waals surface area contributed by atoms with Gasteiger partial charge in [-0.2, -0.15) is 5.26 Å². The van der Waals surface area contributed by atoms with Gasteiger partial charge in [-0.15, -0.1) is 0 Å². The summed E-state index contributed by atoms with van der Waals surface area (Å²) >= 11 is 0. The molecule has 1 aromatic carbocycles. The number of benzene rings is 1. The van der Waals surface area contributed by atoms with Gasteiger partial charge in [0.05, 0.1) is 17.2 Å². The molecule has 0 aliphatic carbocycles. The summed E-state index contributed by atoms with van der Waals surface area (Å²) in [4.78, 5) is 0. The van der Waals surface area contributed by atoms with Crippen LogP contribution in [0.5, 0.6) is 0 Å². The molecular formula is C10H12N2O. The highest BCUT2D eigenvalue weighted by atomic mass is 16.3. The average Bonchev–Trinajstić information content (AvgIpc) is 2.18. The largest absolute Gasteiger partial charge is 0.384 e. The van der Waals surface area contributed by atoms with Gasteiger partial charge < -0.3 is 10.8 Å². The van der Waals surface area contributed by atoms with Crippen molar-refractivity contribution in [1.29, 1.82) is 5.26 Å². The maximum Gasteiger partial charge on any atom is 0.0991 e. The summed E-state index contributed by atoms with van der Waals surface area (Å²) in [5, 5.41) is 18.3. The summed E-state index contributed by atoms with van der Waals surface area (Å²) in [6.45, 7) is 1.81. The number of hydrogen-bond acceptors (Lipinski definition) is 3. The molecule has 0 aliphatic heterocycles. The van der Waals surface area contributed by atoms with Gasteiger partial charge in [-0.1, -0.05) is 12.1 Å². The number of nitriles is 1. The third kappa shape index (κ3) is 2.05. The Hall–Kier alpha value is -1.37. The Bertz CT molecular complexity index is 322. The molecule has 1 rings (SSSR count). The Labute approximate surface area is 77.4 Å². The first-order chi connectivity index (χ1) is 6.10. The fourth-order valence-corrected chi connectivity index (χ4v) is 1.02. The second kappa shape index (κ2) is 3.56. The Kier molecular flexibility index (Phi) is 2.66. The van der Waals surface area contributed by atoms with Crippen molar-refractivity contribution in [2.45, 2.75) is 12.5 Å². The lowest BCUT2D eigenvalue weighted by molar-refractivity contribution is 0.0668. The summed E-state index contributed by atoms with van der Waals surface area (Å²) in [6.07, 6.45) is 0. The SMILES string of the molecule is CC(O)(CN)c1ccc(C#N)cc1. The molecule has 3 nitrogen and oxygen atoms in total. The van der Waals surface area contributed by atoms with Gasteiger partial charge in [0.2, 0.25) is 0 Å². The van der Waals surface area contributed by atoms with E-state index >= 15 is 0 Å². The average molecular weight is 176 g/mol. The molecule has 13 heavy (non-hydrogen) atoms. The molecule has 0 radical (unpaired) electrons. The zero-order valence-electron chi connectivity index (χ0n) is 7.49. The topological polar surface area (TPSA) is 70.0 Å².